The average Bonchev–Trinajstić information content (AvgIpc) is 2.29. The van der Waals surface area contributed by atoms with Crippen molar-refractivity contribution in [3.05, 3.63) is 17.7 Å². The van der Waals surface area contributed by atoms with Crippen LogP contribution in [0.15, 0.2) is 6.07 Å². The number of halogens is 2. The zero-order valence-corrected chi connectivity index (χ0v) is 9.71. The maximum absolute atomic E-state index is 13.4. The van der Waals surface area contributed by atoms with Gasteiger partial charge in [-0.3, -0.25) is 0 Å². The molecule has 1 saturated heterocycles. The predicted molar refractivity (Wildman–Crippen MR) is 62.7 cm³/mol. The van der Waals surface area contributed by atoms with Crippen molar-refractivity contribution in [2.24, 2.45) is 0 Å². The summed E-state index contributed by atoms with van der Waals surface area (Å²) in [6, 6.07) is 0.928. The topological polar surface area (TPSA) is 54.2 Å². The van der Waals surface area contributed by atoms with Crippen molar-refractivity contribution in [2.45, 2.75) is 18.9 Å². The molecular weight excluding hydrogens is 226 g/mol. The van der Waals surface area contributed by atoms with Crippen LogP contribution in [0.4, 0.5) is 20.4 Å². The number of pyridine rings is 1. The van der Waals surface area contributed by atoms with Crippen LogP contribution >= 0.6 is 0 Å². The van der Waals surface area contributed by atoms with E-state index >= 15 is 0 Å². The van der Waals surface area contributed by atoms with E-state index in [1.54, 1.807) is 0 Å². The van der Waals surface area contributed by atoms with Gasteiger partial charge >= 0.3 is 0 Å². The van der Waals surface area contributed by atoms with Gasteiger partial charge in [-0.15, -0.1) is 0 Å². The lowest BCUT2D eigenvalue weighted by molar-refractivity contribution is 0.263. The lowest BCUT2D eigenvalue weighted by Crippen LogP contribution is -2.37. The first-order valence-corrected chi connectivity index (χ1v) is 5.63. The summed E-state index contributed by atoms with van der Waals surface area (Å²) >= 11 is 0. The van der Waals surface area contributed by atoms with Gasteiger partial charge in [0.15, 0.2) is 23.3 Å². The van der Waals surface area contributed by atoms with Crippen molar-refractivity contribution in [1.29, 1.82) is 0 Å². The smallest absolute Gasteiger partial charge is 0.168 e. The van der Waals surface area contributed by atoms with E-state index in [0.29, 0.717) is 0 Å². The minimum absolute atomic E-state index is 0.0402. The molecule has 0 aromatic carbocycles. The number of hydrogen-bond acceptors (Lipinski definition) is 4. The van der Waals surface area contributed by atoms with Gasteiger partial charge < -0.3 is 16.0 Å². The third-order valence-corrected chi connectivity index (χ3v) is 3.02. The third kappa shape index (κ3) is 2.82. The summed E-state index contributed by atoms with van der Waals surface area (Å²) in [6.45, 7) is 1.91. The number of rotatable bonds is 2. The summed E-state index contributed by atoms with van der Waals surface area (Å²) in [5.41, 5.74) is 5.32. The van der Waals surface area contributed by atoms with Crippen molar-refractivity contribution >= 4 is 11.6 Å². The van der Waals surface area contributed by atoms with Gasteiger partial charge in [-0.05, 0) is 33.0 Å². The van der Waals surface area contributed by atoms with E-state index in [2.05, 4.69) is 15.2 Å². The molecule has 0 unspecified atom stereocenters. The number of hydrogen-bond donors (Lipinski definition) is 2. The highest BCUT2D eigenvalue weighted by atomic mass is 19.1. The van der Waals surface area contributed by atoms with Crippen LogP contribution in [0.2, 0.25) is 0 Å². The normalized spacial score (nSPS) is 18.3. The second kappa shape index (κ2) is 4.83. The van der Waals surface area contributed by atoms with Crippen LogP contribution in [0.3, 0.4) is 0 Å². The van der Waals surface area contributed by atoms with Gasteiger partial charge in [0.05, 0.1) is 0 Å². The average molecular weight is 242 g/mol. The predicted octanol–water partition coefficient (Wildman–Crippen LogP) is 1.45. The maximum Gasteiger partial charge on any atom is 0.168 e. The maximum atomic E-state index is 13.4. The molecule has 1 aliphatic heterocycles. The van der Waals surface area contributed by atoms with Gasteiger partial charge in [-0.1, -0.05) is 0 Å². The van der Waals surface area contributed by atoms with Crippen LogP contribution in [-0.2, 0) is 0 Å². The standard InChI is InChI=1S/C11H16F2N4/c1-17-4-2-7(3-5-17)15-11-9(13)6-8(12)10(14)16-11/h6-7H,2-5H2,1H3,(H3,14,15,16). The molecule has 6 heteroatoms. The molecule has 0 saturated carbocycles. The number of aromatic nitrogens is 1. The van der Waals surface area contributed by atoms with E-state index in [-0.39, 0.29) is 17.7 Å². The van der Waals surface area contributed by atoms with Gasteiger partial charge in [-0.25, -0.2) is 13.8 Å². The Bertz CT molecular complexity index is 403. The summed E-state index contributed by atoms with van der Waals surface area (Å²) in [6.07, 6.45) is 1.82. The summed E-state index contributed by atoms with van der Waals surface area (Å²) in [7, 11) is 2.05. The van der Waals surface area contributed by atoms with E-state index in [1.807, 2.05) is 7.05 Å². The molecule has 3 N–H and O–H groups in total. The molecule has 0 radical (unpaired) electrons. The monoisotopic (exact) mass is 242 g/mol. The highest BCUT2D eigenvalue weighted by molar-refractivity contribution is 5.45. The Hall–Kier alpha value is -1.43. The van der Waals surface area contributed by atoms with Gasteiger partial charge in [0.25, 0.3) is 0 Å². The number of nitrogen functional groups attached to an aromatic ring is 1. The number of piperidine rings is 1. The molecule has 0 spiro atoms. The fourth-order valence-corrected chi connectivity index (χ4v) is 1.93. The Morgan fingerprint density at radius 3 is 2.65 bits per heavy atom. The lowest BCUT2D eigenvalue weighted by Gasteiger charge is -2.29. The van der Waals surface area contributed by atoms with Gasteiger partial charge in [0.1, 0.15) is 0 Å². The van der Waals surface area contributed by atoms with Crippen LogP contribution in [0.1, 0.15) is 12.8 Å². The van der Waals surface area contributed by atoms with Crippen molar-refractivity contribution in [1.82, 2.24) is 9.88 Å². The zero-order chi connectivity index (χ0) is 12.4. The first-order valence-electron chi connectivity index (χ1n) is 5.63. The van der Waals surface area contributed by atoms with E-state index in [9.17, 15) is 8.78 Å². The third-order valence-electron chi connectivity index (χ3n) is 3.02. The molecule has 1 aromatic rings. The molecule has 0 atom stereocenters. The Kier molecular flexibility index (Phi) is 3.42. The van der Waals surface area contributed by atoms with Crippen LogP contribution in [-0.4, -0.2) is 36.1 Å². The second-order valence-corrected chi connectivity index (χ2v) is 4.41. The Morgan fingerprint density at radius 1 is 1.35 bits per heavy atom. The first kappa shape index (κ1) is 12.0. The molecule has 1 fully saturated rings. The van der Waals surface area contributed by atoms with E-state index in [0.717, 1.165) is 32.0 Å². The summed E-state index contributed by atoms with van der Waals surface area (Å²) in [5, 5.41) is 2.98. The largest absolute Gasteiger partial charge is 0.381 e. The molecule has 1 aromatic heterocycles. The minimum atomic E-state index is -0.823. The molecular formula is C11H16F2N4. The Labute approximate surface area is 98.8 Å². The molecule has 2 heterocycles. The van der Waals surface area contributed by atoms with Gasteiger partial charge in [0, 0.05) is 12.1 Å². The molecule has 0 aliphatic carbocycles. The highest BCUT2D eigenvalue weighted by Crippen LogP contribution is 2.20. The fraction of sp³-hybridized carbons (Fsp3) is 0.545. The lowest BCUT2D eigenvalue weighted by atomic mass is 10.1. The number of nitrogens with zero attached hydrogens (tertiary/aromatic N) is 2. The molecule has 1 aliphatic rings. The highest BCUT2D eigenvalue weighted by Gasteiger charge is 2.19. The molecule has 17 heavy (non-hydrogen) atoms. The quantitative estimate of drug-likeness (QED) is 0.824. The fourth-order valence-electron chi connectivity index (χ4n) is 1.93. The molecule has 0 bridgehead atoms. The van der Waals surface area contributed by atoms with Crippen molar-refractivity contribution in [3.63, 3.8) is 0 Å². The van der Waals surface area contributed by atoms with Gasteiger partial charge in [0.2, 0.25) is 0 Å². The number of nitrogens with one attached hydrogen (secondary N) is 1. The summed E-state index contributed by atoms with van der Waals surface area (Å²) < 4.78 is 26.4. The second-order valence-electron chi connectivity index (χ2n) is 4.41. The number of nitrogens with two attached hydrogens (primary N) is 1. The molecule has 4 nitrogen and oxygen atoms in total. The minimum Gasteiger partial charge on any atom is -0.381 e. The van der Waals surface area contributed by atoms with Crippen molar-refractivity contribution < 1.29 is 8.78 Å². The Balaban J connectivity index is 2.06. The first-order chi connectivity index (χ1) is 8.06. The van der Waals surface area contributed by atoms with E-state index < -0.39 is 11.6 Å². The van der Waals surface area contributed by atoms with Crippen LogP contribution < -0.4 is 11.1 Å². The summed E-state index contributed by atoms with van der Waals surface area (Å²) in [5.74, 6) is -1.76. The van der Waals surface area contributed by atoms with Crippen LogP contribution in [0, 0.1) is 11.6 Å². The van der Waals surface area contributed by atoms with Gasteiger partial charge in [-0.2, -0.15) is 0 Å². The summed E-state index contributed by atoms with van der Waals surface area (Å²) in [4.78, 5) is 5.90. The Morgan fingerprint density at radius 2 is 2.00 bits per heavy atom. The zero-order valence-electron chi connectivity index (χ0n) is 9.71. The number of likely N-dealkylation sites (tertiary alicyclic amines) is 1. The molecule has 94 valence electrons. The van der Waals surface area contributed by atoms with E-state index in [4.69, 9.17) is 5.73 Å². The van der Waals surface area contributed by atoms with E-state index in [1.165, 1.54) is 0 Å². The van der Waals surface area contributed by atoms with Crippen molar-refractivity contribution in [3.8, 4) is 0 Å². The number of anilines is 2. The van der Waals surface area contributed by atoms with Crippen LogP contribution in [0.25, 0.3) is 0 Å². The molecule has 0 amide bonds. The van der Waals surface area contributed by atoms with Crippen LogP contribution in [0.5, 0.6) is 0 Å². The van der Waals surface area contributed by atoms with Crippen molar-refractivity contribution in [2.75, 3.05) is 31.2 Å². The SMILES string of the molecule is CN1CCC(Nc2nc(N)c(F)cc2F)CC1. The molecule has 2 rings (SSSR count).